The van der Waals surface area contributed by atoms with E-state index in [9.17, 15) is 9.18 Å². The Kier molecular flexibility index (Phi) is 3.17. The van der Waals surface area contributed by atoms with Crippen molar-refractivity contribution in [3.63, 3.8) is 0 Å². The number of benzene rings is 1. The molecule has 21 heavy (non-hydrogen) atoms. The third kappa shape index (κ3) is 2.27. The number of aromatic nitrogens is 1. The number of aryl methyl sites for hydroxylation is 1. The smallest absolute Gasteiger partial charge is 0.230 e. The van der Waals surface area contributed by atoms with Crippen LogP contribution in [0.15, 0.2) is 41.1 Å². The van der Waals surface area contributed by atoms with Crippen LogP contribution in [0.5, 0.6) is 5.75 Å². The summed E-state index contributed by atoms with van der Waals surface area (Å²) in [5, 5.41) is 0.794. The molecule has 0 aliphatic heterocycles. The second kappa shape index (κ2) is 5.01. The Morgan fingerprint density at radius 3 is 2.81 bits per heavy atom. The van der Waals surface area contributed by atoms with Crippen molar-refractivity contribution in [1.82, 2.24) is 4.98 Å². The number of carbonyl (C=O) groups is 1. The predicted octanol–water partition coefficient (Wildman–Crippen LogP) is 3.51. The Balaban J connectivity index is 2.12. The minimum absolute atomic E-state index is 0.157. The van der Waals surface area contributed by atoms with E-state index in [2.05, 4.69) is 4.98 Å². The number of hydrogen-bond acceptors (Lipinski definition) is 4. The molecule has 0 N–H and O–H groups in total. The fraction of sp³-hybridized carbons (Fsp3) is 0.125. The first-order valence-corrected chi connectivity index (χ1v) is 6.32. The van der Waals surface area contributed by atoms with Crippen LogP contribution >= 0.6 is 0 Å². The Bertz CT molecular complexity index is 839. The molecule has 4 nitrogen and oxygen atoms in total. The van der Waals surface area contributed by atoms with E-state index in [1.807, 2.05) is 0 Å². The lowest BCUT2D eigenvalue weighted by atomic mass is 10.1. The van der Waals surface area contributed by atoms with Gasteiger partial charge in [0.1, 0.15) is 17.1 Å². The molecular formula is C16H12FNO3. The van der Waals surface area contributed by atoms with Crippen molar-refractivity contribution in [1.29, 1.82) is 0 Å². The normalized spacial score (nSPS) is 10.8. The molecular weight excluding hydrogens is 273 g/mol. The average Bonchev–Trinajstić information content (AvgIpc) is 2.83. The molecule has 0 radical (unpaired) electrons. The minimum Gasteiger partial charge on any atom is -0.497 e. The lowest BCUT2D eigenvalue weighted by molar-refractivity contribution is 0.101. The summed E-state index contributed by atoms with van der Waals surface area (Å²) in [6.07, 6.45) is 2.37. The van der Waals surface area contributed by atoms with Crippen molar-refractivity contribution in [3.05, 3.63) is 59.4 Å². The summed E-state index contributed by atoms with van der Waals surface area (Å²) < 4.78 is 23.9. The van der Waals surface area contributed by atoms with Gasteiger partial charge >= 0.3 is 0 Å². The number of halogens is 1. The van der Waals surface area contributed by atoms with E-state index >= 15 is 0 Å². The van der Waals surface area contributed by atoms with Gasteiger partial charge in [-0.2, -0.15) is 0 Å². The Morgan fingerprint density at radius 2 is 2.10 bits per heavy atom. The van der Waals surface area contributed by atoms with E-state index in [0.717, 1.165) is 17.6 Å². The summed E-state index contributed by atoms with van der Waals surface area (Å²) in [5.41, 5.74) is 1.43. The van der Waals surface area contributed by atoms with Gasteiger partial charge in [0, 0.05) is 22.7 Å². The maximum atomic E-state index is 13.2. The molecule has 0 fully saturated rings. The van der Waals surface area contributed by atoms with Gasteiger partial charge in [-0.1, -0.05) is 0 Å². The molecule has 0 saturated carbocycles. The van der Waals surface area contributed by atoms with Crippen molar-refractivity contribution in [2.75, 3.05) is 7.11 Å². The van der Waals surface area contributed by atoms with Crippen molar-refractivity contribution >= 4 is 16.8 Å². The van der Waals surface area contributed by atoms with Crippen LogP contribution in [0.4, 0.5) is 4.39 Å². The van der Waals surface area contributed by atoms with Gasteiger partial charge in [-0.25, -0.2) is 4.39 Å². The summed E-state index contributed by atoms with van der Waals surface area (Å²) in [6.45, 7) is 1.78. The quantitative estimate of drug-likeness (QED) is 0.691. The molecule has 0 atom stereocenters. The number of pyridine rings is 1. The Labute approximate surface area is 120 Å². The van der Waals surface area contributed by atoms with E-state index in [4.69, 9.17) is 9.15 Å². The second-order valence-electron chi connectivity index (χ2n) is 4.64. The topological polar surface area (TPSA) is 52.3 Å². The van der Waals surface area contributed by atoms with E-state index in [1.165, 1.54) is 6.20 Å². The number of ether oxygens (including phenoxy) is 1. The highest BCUT2D eigenvalue weighted by Crippen LogP contribution is 2.30. The first kappa shape index (κ1) is 13.3. The summed E-state index contributed by atoms with van der Waals surface area (Å²) in [6, 6.07) is 6.43. The van der Waals surface area contributed by atoms with Gasteiger partial charge in [0.2, 0.25) is 5.78 Å². The SMILES string of the molecule is COc1ccc2oc(C(=O)c3cncc(F)c3)c(C)c2c1. The molecule has 0 bridgehead atoms. The zero-order chi connectivity index (χ0) is 15.0. The average molecular weight is 285 g/mol. The summed E-state index contributed by atoms with van der Waals surface area (Å²) in [5.74, 6) is -0.0885. The largest absolute Gasteiger partial charge is 0.497 e. The maximum Gasteiger partial charge on any atom is 0.230 e. The highest BCUT2D eigenvalue weighted by atomic mass is 19.1. The van der Waals surface area contributed by atoms with Crippen LogP contribution in [-0.2, 0) is 0 Å². The number of nitrogens with zero attached hydrogens (tertiary/aromatic N) is 1. The lowest BCUT2D eigenvalue weighted by Gasteiger charge is -1.99. The van der Waals surface area contributed by atoms with Gasteiger partial charge in [-0.3, -0.25) is 9.78 Å². The van der Waals surface area contributed by atoms with Crippen LogP contribution in [0.3, 0.4) is 0 Å². The van der Waals surface area contributed by atoms with Gasteiger partial charge in [0.25, 0.3) is 0 Å². The molecule has 2 heterocycles. The van der Waals surface area contributed by atoms with Crippen LogP contribution in [-0.4, -0.2) is 17.9 Å². The van der Waals surface area contributed by atoms with E-state index < -0.39 is 11.6 Å². The van der Waals surface area contributed by atoms with Crippen LogP contribution in [0.25, 0.3) is 11.0 Å². The van der Waals surface area contributed by atoms with Crippen molar-refractivity contribution < 1.29 is 18.3 Å². The predicted molar refractivity (Wildman–Crippen MR) is 75.1 cm³/mol. The second-order valence-corrected chi connectivity index (χ2v) is 4.64. The van der Waals surface area contributed by atoms with E-state index in [0.29, 0.717) is 16.9 Å². The molecule has 3 rings (SSSR count). The molecule has 0 unspecified atom stereocenters. The van der Waals surface area contributed by atoms with E-state index in [-0.39, 0.29) is 11.3 Å². The highest BCUT2D eigenvalue weighted by molar-refractivity contribution is 6.10. The van der Waals surface area contributed by atoms with Gasteiger partial charge < -0.3 is 9.15 Å². The molecule has 2 aromatic heterocycles. The van der Waals surface area contributed by atoms with Gasteiger partial charge in [-0.05, 0) is 31.2 Å². The number of fused-ring (bicyclic) bond motifs is 1. The molecule has 0 saturated heterocycles. The van der Waals surface area contributed by atoms with Crippen molar-refractivity contribution in [2.24, 2.45) is 0 Å². The summed E-state index contributed by atoms with van der Waals surface area (Å²) >= 11 is 0. The van der Waals surface area contributed by atoms with Gasteiger partial charge in [0.05, 0.1) is 13.3 Å². The number of hydrogen-bond donors (Lipinski definition) is 0. The Hall–Kier alpha value is -2.69. The number of furan rings is 1. The monoisotopic (exact) mass is 285 g/mol. The van der Waals surface area contributed by atoms with Crippen LogP contribution in [0.2, 0.25) is 0 Å². The third-order valence-electron chi connectivity index (χ3n) is 3.32. The van der Waals surface area contributed by atoms with Crippen LogP contribution in [0, 0.1) is 12.7 Å². The molecule has 3 aromatic rings. The minimum atomic E-state index is -0.559. The number of carbonyl (C=O) groups excluding carboxylic acids is 1. The summed E-state index contributed by atoms with van der Waals surface area (Å²) in [7, 11) is 1.57. The molecule has 0 aliphatic carbocycles. The number of methoxy groups -OCH3 is 1. The first-order chi connectivity index (χ1) is 10.1. The van der Waals surface area contributed by atoms with Crippen LogP contribution < -0.4 is 4.74 Å². The van der Waals surface area contributed by atoms with Gasteiger partial charge in [-0.15, -0.1) is 0 Å². The molecule has 5 heteroatoms. The van der Waals surface area contributed by atoms with Crippen molar-refractivity contribution in [3.8, 4) is 5.75 Å². The van der Waals surface area contributed by atoms with Crippen molar-refractivity contribution in [2.45, 2.75) is 6.92 Å². The zero-order valence-corrected chi connectivity index (χ0v) is 11.5. The maximum absolute atomic E-state index is 13.2. The molecule has 1 aromatic carbocycles. The molecule has 0 spiro atoms. The zero-order valence-electron chi connectivity index (χ0n) is 11.5. The molecule has 106 valence electrons. The summed E-state index contributed by atoms with van der Waals surface area (Å²) in [4.78, 5) is 16.1. The fourth-order valence-corrected chi connectivity index (χ4v) is 2.21. The van der Waals surface area contributed by atoms with Crippen LogP contribution in [0.1, 0.15) is 21.7 Å². The lowest BCUT2D eigenvalue weighted by Crippen LogP contribution is -2.02. The molecule has 0 aliphatic rings. The highest BCUT2D eigenvalue weighted by Gasteiger charge is 2.20. The number of rotatable bonds is 3. The Morgan fingerprint density at radius 1 is 1.29 bits per heavy atom. The standard InChI is InChI=1S/C16H12FNO3/c1-9-13-6-12(20-2)3-4-14(13)21-16(9)15(19)10-5-11(17)8-18-7-10/h3-8H,1-2H3. The third-order valence-corrected chi connectivity index (χ3v) is 3.32. The van der Waals surface area contributed by atoms with E-state index in [1.54, 1.807) is 32.2 Å². The first-order valence-electron chi connectivity index (χ1n) is 6.32. The molecule has 0 amide bonds. The number of ketones is 1. The fourth-order valence-electron chi connectivity index (χ4n) is 2.21. The van der Waals surface area contributed by atoms with Gasteiger partial charge in [0.15, 0.2) is 5.76 Å².